The van der Waals surface area contributed by atoms with Crippen LogP contribution < -0.4 is 10.9 Å². The number of aromatic nitrogens is 2. The molecule has 0 aliphatic carbocycles. The van der Waals surface area contributed by atoms with Crippen LogP contribution in [0.3, 0.4) is 0 Å². The fourth-order valence-corrected chi connectivity index (χ4v) is 4.54. The minimum Gasteiger partial charge on any atom is -0.323 e. The molecule has 0 aliphatic rings. The zero-order valence-corrected chi connectivity index (χ0v) is 19.4. The molecule has 1 N–H and O–H groups in total. The minimum atomic E-state index is -0.799. The van der Waals surface area contributed by atoms with Gasteiger partial charge in [-0.05, 0) is 55.7 Å². The molecule has 8 heteroatoms. The molecule has 0 saturated heterocycles. The summed E-state index contributed by atoms with van der Waals surface area (Å²) < 4.78 is 1.34. The molecule has 0 saturated carbocycles. The lowest BCUT2D eigenvalue weighted by atomic mass is 10.0. The SMILES string of the molecule is Cc1ccc(-c2csc3ncn(C(C)C(=O)Nc4cc(Cl)ccc4Cl)c(=O)c23)cc1C. The van der Waals surface area contributed by atoms with Gasteiger partial charge in [-0.3, -0.25) is 14.2 Å². The first-order valence-corrected chi connectivity index (χ1v) is 11.2. The van der Waals surface area contributed by atoms with Crippen LogP contribution in [-0.4, -0.2) is 15.5 Å². The minimum absolute atomic E-state index is 0.265. The molecule has 4 aromatic rings. The highest BCUT2D eigenvalue weighted by atomic mass is 35.5. The molecule has 2 heterocycles. The largest absolute Gasteiger partial charge is 0.323 e. The topological polar surface area (TPSA) is 64.0 Å². The number of aryl methyl sites for hydroxylation is 2. The molecule has 0 spiro atoms. The highest BCUT2D eigenvalue weighted by molar-refractivity contribution is 7.17. The van der Waals surface area contributed by atoms with Gasteiger partial charge in [0.15, 0.2) is 0 Å². The molecule has 31 heavy (non-hydrogen) atoms. The van der Waals surface area contributed by atoms with E-state index in [4.69, 9.17) is 23.2 Å². The quantitative estimate of drug-likeness (QED) is 0.382. The van der Waals surface area contributed by atoms with E-state index in [9.17, 15) is 9.59 Å². The number of fused-ring (bicyclic) bond motifs is 1. The third-order valence-electron chi connectivity index (χ3n) is 5.32. The van der Waals surface area contributed by atoms with Crippen molar-refractivity contribution in [3.8, 4) is 11.1 Å². The summed E-state index contributed by atoms with van der Waals surface area (Å²) >= 11 is 13.6. The van der Waals surface area contributed by atoms with E-state index < -0.39 is 11.9 Å². The second kappa shape index (κ2) is 8.46. The first-order valence-electron chi connectivity index (χ1n) is 9.58. The maximum absolute atomic E-state index is 13.4. The molecule has 2 aromatic carbocycles. The molecule has 0 fully saturated rings. The Labute approximate surface area is 193 Å². The van der Waals surface area contributed by atoms with Crippen molar-refractivity contribution < 1.29 is 4.79 Å². The molecule has 0 aliphatic heterocycles. The van der Waals surface area contributed by atoms with Crippen molar-refractivity contribution in [2.45, 2.75) is 26.8 Å². The zero-order chi connectivity index (χ0) is 22.3. The number of carbonyl (C=O) groups is 1. The number of nitrogens with zero attached hydrogens (tertiary/aromatic N) is 2. The lowest BCUT2D eigenvalue weighted by molar-refractivity contribution is -0.118. The average Bonchev–Trinajstić information content (AvgIpc) is 3.17. The van der Waals surface area contributed by atoms with Gasteiger partial charge in [0, 0.05) is 16.0 Å². The Morgan fingerprint density at radius 1 is 1.13 bits per heavy atom. The molecule has 1 amide bonds. The summed E-state index contributed by atoms with van der Waals surface area (Å²) in [7, 11) is 0. The fourth-order valence-electron chi connectivity index (χ4n) is 3.30. The van der Waals surface area contributed by atoms with E-state index in [1.165, 1.54) is 27.8 Å². The number of benzene rings is 2. The smallest absolute Gasteiger partial charge is 0.263 e. The molecule has 2 aromatic heterocycles. The molecule has 0 radical (unpaired) electrons. The Kier molecular flexibility index (Phi) is 5.88. The van der Waals surface area contributed by atoms with Crippen LogP contribution in [0.4, 0.5) is 5.69 Å². The Morgan fingerprint density at radius 2 is 1.90 bits per heavy atom. The van der Waals surface area contributed by atoms with Crippen LogP contribution in [0.15, 0.2) is 52.9 Å². The number of rotatable bonds is 4. The van der Waals surface area contributed by atoms with Crippen molar-refractivity contribution in [2.75, 3.05) is 5.32 Å². The van der Waals surface area contributed by atoms with Gasteiger partial charge in [-0.2, -0.15) is 0 Å². The van der Waals surface area contributed by atoms with E-state index in [1.54, 1.807) is 25.1 Å². The Bertz CT molecular complexity index is 1380. The molecule has 5 nitrogen and oxygen atoms in total. The number of nitrogens with one attached hydrogen (secondary N) is 1. The van der Waals surface area contributed by atoms with Crippen molar-refractivity contribution in [3.63, 3.8) is 0 Å². The van der Waals surface area contributed by atoms with Crippen molar-refractivity contribution in [3.05, 3.63) is 79.6 Å². The van der Waals surface area contributed by atoms with Gasteiger partial charge in [0.2, 0.25) is 5.91 Å². The van der Waals surface area contributed by atoms with Crippen LogP contribution in [0.25, 0.3) is 21.3 Å². The summed E-state index contributed by atoms with van der Waals surface area (Å²) in [5, 5.41) is 5.99. The number of amides is 1. The predicted octanol–water partition coefficient (Wildman–Crippen LogP) is 6.25. The predicted molar refractivity (Wildman–Crippen MR) is 129 cm³/mol. The van der Waals surface area contributed by atoms with Crippen LogP contribution in [0.2, 0.25) is 10.0 Å². The molecular formula is C23H19Cl2N3O2S. The fraction of sp³-hybridized carbons (Fsp3) is 0.174. The third kappa shape index (κ3) is 4.11. The number of thiophene rings is 1. The Hall–Kier alpha value is -2.67. The van der Waals surface area contributed by atoms with E-state index in [-0.39, 0.29) is 5.56 Å². The lowest BCUT2D eigenvalue weighted by Crippen LogP contribution is -2.31. The molecule has 0 bridgehead atoms. The Balaban J connectivity index is 1.73. The van der Waals surface area contributed by atoms with Crippen LogP contribution >= 0.6 is 34.5 Å². The summed E-state index contributed by atoms with van der Waals surface area (Å²) in [6.45, 7) is 5.73. The standard InChI is InChI=1S/C23H19Cl2N3O2S/c1-12-4-5-15(8-13(12)2)17-10-31-22-20(17)23(30)28(11-26-22)14(3)21(29)27-19-9-16(24)6-7-18(19)25/h4-11,14H,1-3H3,(H,27,29). The number of halogens is 2. The zero-order valence-electron chi connectivity index (χ0n) is 17.1. The molecule has 4 rings (SSSR count). The first-order chi connectivity index (χ1) is 14.8. The summed E-state index contributed by atoms with van der Waals surface area (Å²) in [6, 6.07) is 10.1. The van der Waals surface area contributed by atoms with Crippen molar-refractivity contribution in [2.24, 2.45) is 0 Å². The van der Waals surface area contributed by atoms with E-state index in [0.29, 0.717) is 25.9 Å². The normalized spacial score (nSPS) is 12.2. The molecule has 158 valence electrons. The highest BCUT2D eigenvalue weighted by Crippen LogP contribution is 2.32. The monoisotopic (exact) mass is 471 g/mol. The number of hydrogen-bond donors (Lipinski definition) is 1. The second-order valence-electron chi connectivity index (χ2n) is 7.37. The third-order valence-corrected chi connectivity index (χ3v) is 6.77. The van der Waals surface area contributed by atoms with Gasteiger partial charge >= 0.3 is 0 Å². The van der Waals surface area contributed by atoms with E-state index in [2.05, 4.69) is 16.4 Å². The van der Waals surface area contributed by atoms with Crippen LogP contribution in [0.1, 0.15) is 24.1 Å². The van der Waals surface area contributed by atoms with Gasteiger partial charge in [-0.1, -0.05) is 41.4 Å². The maximum atomic E-state index is 13.4. The van der Waals surface area contributed by atoms with Crippen LogP contribution in [0.5, 0.6) is 0 Å². The summed E-state index contributed by atoms with van der Waals surface area (Å²) in [5.74, 6) is -0.393. The van der Waals surface area contributed by atoms with Crippen molar-refractivity contribution in [1.29, 1.82) is 0 Å². The average molecular weight is 472 g/mol. The number of carbonyl (C=O) groups excluding carboxylic acids is 1. The number of hydrogen-bond acceptors (Lipinski definition) is 4. The number of anilines is 1. The Morgan fingerprint density at radius 3 is 2.65 bits per heavy atom. The van der Waals surface area contributed by atoms with Crippen LogP contribution in [0, 0.1) is 13.8 Å². The van der Waals surface area contributed by atoms with Gasteiger partial charge in [0.25, 0.3) is 5.56 Å². The summed E-state index contributed by atoms with van der Waals surface area (Å²) in [6.07, 6.45) is 1.41. The van der Waals surface area contributed by atoms with Crippen LogP contribution in [-0.2, 0) is 4.79 Å². The van der Waals surface area contributed by atoms with Gasteiger partial charge in [0.1, 0.15) is 10.9 Å². The highest BCUT2D eigenvalue weighted by Gasteiger charge is 2.21. The summed E-state index contributed by atoms with van der Waals surface area (Å²) in [5.41, 5.74) is 4.23. The lowest BCUT2D eigenvalue weighted by Gasteiger charge is -2.16. The van der Waals surface area contributed by atoms with E-state index in [1.807, 2.05) is 31.4 Å². The van der Waals surface area contributed by atoms with Gasteiger partial charge in [0.05, 0.1) is 22.4 Å². The van der Waals surface area contributed by atoms with Crippen molar-refractivity contribution >= 4 is 56.3 Å². The van der Waals surface area contributed by atoms with E-state index in [0.717, 1.165) is 16.7 Å². The maximum Gasteiger partial charge on any atom is 0.263 e. The van der Waals surface area contributed by atoms with Gasteiger partial charge in [-0.15, -0.1) is 11.3 Å². The molecule has 1 atom stereocenters. The first kappa shape index (κ1) is 21.6. The van der Waals surface area contributed by atoms with Gasteiger partial charge < -0.3 is 5.32 Å². The second-order valence-corrected chi connectivity index (χ2v) is 9.08. The summed E-state index contributed by atoms with van der Waals surface area (Å²) in [4.78, 5) is 31.3. The van der Waals surface area contributed by atoms with E-state index >= 15 is 0 Å². The van der Waals surface area contributed by atoms with Gasteiger partial charge in [-0.25, -0.2) is 4.98 Å². The molecule has 1 unspecified atom stereocenters. The molecular weight excluding hydrogens is 453 g/mol. The van der Waals surface area contributed by atoms with Crippen molar-refractivity contribution in [1.82, 2.24) is 9.55 Å².